The molecule has 0 aliphatic carbocycles. The number of carbonyl (C=O) groups is 1. The third kappa shape index (κ3) is 25.0. The molecule has 0 spiro atoms. The topological polar surface area (TPSA) is 113 Å². The largest absolute Gasteiger partial charge is 0.481 e. The van der Waals surface area contributed by atoms with Crippen molar-refractivity contribution in [2.45, 2.75) is 18.7 Å². The third-order valence-electron chi connectivity index (χ3n) is 1.05. The van der Waals surface area contributed by atoms with Crippen LogP contribution in [0.25, 0.3) is 0 Å². The maximum absolute atomic E-state index is 9.00. The minimum absolute atomic E-state index is 0.333. The van der Waals surface area contributed by atoms with Crippen molar-refractivity contribution < 1.29 is 9.90 Å². The lowest BCUT2D eigenvalue weighted by Gasteiger charge is -1.93. The van der Waals surface area contributed by atoms with E-state index in [2.05, 4.69) is 42.7 Å². The van der Waals surface area contributed by atoms with Crippen molar-refractivity contribution in [3.63, 3.8) is 0 Å². The first-order valence-electron chi connectivity index (χ1n) is 4.87. The van der Waals surface area contributed by atoms with E-state index in [1.165, 1.54) is 4.90 Å². The van der Waals surface area contributed by atoms with Gasteiger partial charge in [0, 0.05) is 11.8 Å². The first-order valence-corrected chi connectivity index (χ1v) is 5.85. The molecule has 0 saturated carbocycles. The number of carboxylic acid groups (broad SMARTS) is 1. The first-order chi connectivity index (χ1) is 7.90. The van der Waals surface area contributed by atoms with Crippen LogP contribution in [0.1, 0.15) is 13.8 Å². The van der Waals surface area contributed by atoms with E-state index in [0.29, 0.717) is 0 Å². The molecule has 0 fully saturated rings. The van der Waals surface area contributed by atoms with E-state index < -0.39 is 5.97 Å². The molecular formula is C11H19N3O2S. The van der Waals surface area contributed by atoms with Gasteiger partial charge in [-0.15, -0.1) is 11.8 Å². The van der Waals surface area contributed by atoms with Gasteiger partial charge in [0.2, 0.25) is 0 Å². The summed E-state index contributed by atoms with van der Waals surface area (Å²) in [4.78, 5) is 10.4. The maximum Gasteiger partial charge on any atom is 0.300 e. The highest BCUT2D eigenvalue weighted by Crippen LogP contribution is 2.15. The summed E-state index contributed by atoms with van der Waals surface area (Å²) in [6, 6.07) is 10.4. The number of guanidine groups is 1. The highest BCUT2D eigenvalue weighted by atomic mass is 32.2. The Morgan fingerprint density at radius 3 is 2.00 bits per heavy atom. The van der Waals surface area contributed by atoms with Crippen LogP contribution >= 0.6 is 11.8 Å². The van der Waals surface area contributed by atoms with Gasteiger partial charge in [-0.1, -0.05) is 25.1 Å². The molecule has 0 saturated heterocycles. The molecule has 0 aliphatic rings. The first kappa shape index (κ1) is 17.7. The van der Waals surface area contributed by atoms with Crippen LogP contribution in [0.2, 0.25) is 0 Å². The molecule has 17 heavy (non-hydrogen) atoms. The normalized spacial score (nSPS) is 7.88. The van der Waals surface area contributed by atoms with Crippen molar-refractivity contribution in [1.29, 1.82) is 5.41 Å². The Kier molecular flexibility index (Phi) is 12.9. The molecule has 0 radical (unpaired) electrons. The predicted molar refractivity (Wildman–Crippen MR) is 72.3 cm³/mol. The SMILES string of the molecule is CC(=O)O.CCSc1ccccc1.N=C(N)N. The summed E-state index contributed by atoms with van der Waals surface area (Å²) in [7, 11) is 0. The molecule has 0 aromatic heterocycles. The van der Waals surface area contributed by atoms with Crippen LogP contribution < -0.4 is 11.5 Å². The molecular weight excluding hydrogens is 238 g/mol. The Balaban J connectivity index is 0. The van der Waals surface area contributed by atoms with Crippen LogP contribution in [-0.4, -0.2) is 22.8 Å². The van der Waals surface area contributed by atoms with Gasteiger partial charge in [0.1, 0.15) is 0 Å². The average Bonchev–Trinajstić information content (AvgIpc) is 2.18. The van der Waals surface area contributed by atoms with E-state index in [0.717, 1.165) is 12.7 Å². The summed E-state index contributed by atoms with van der Waals surface area (Å²) in [6.07, 6.45) is 0. The zero-order valence-corrected chi connectivity index (χ0v) is 10.8. The van der Waals surface area contributed by atoms with Gasteiger partial charge in [0.05, 0.1) is 0 Å². The Hall–Kier alpha value is -1.69. The van der Waals surface area contributed by atoms with Crippen LogP contribution in [0.3, 0.4) is 0 Å². The highest BCUT2D eigenvalue weighted by Gasteiger charge is 1.84. The fourth-order valence-electron chi connectivity index (χ4n) is 0.683. The van der Waals surface area contributed by atoms with E-state index >= 15 is 0 Å². The summed E-state index contributed by atoms with van der Waals surface area (Å²) < 4.78 is 0. The molecule has 1 aromatic rings. The molecule has 96 valence electrons. The summed E-state index contributed by atoms with van der Waals surface area (Å²) in [5.74, 6) is -0.00991. The fourth-order valence-corrected chi connectivity index (χ4v) is 1.37. The second-order valence-electron chi connectivity index (χ2n) is 2.72. The Morgan fingerprint density at radius 2 is 1.71 bits per heavy atom. The number of carboxylic acids is 1. The second kappa shape index (κ2) is 12.4. The predicted octanol–water partition coefficient (Wildman–Crippen LogP) is 1.73. The van der Waals surface area contributed by atoms with Crippen LogP contribution in [0.5, 0.6) is 0 Å². The molecule has 0 atom stereocenters. The van der Waals surface area contributed by atoms with Gasteiger partial charge in [-0.05, 0) is 17.9 Å². The highest BCUT2D eigenvalue weighted by molar-refractivity contribution is 7.99. The Labute approximate surface area is 106 Å². The van der Waals surface area contributed by atoms with Gasteiger partial charge in [-0.2, -0.15) is 0 Å². The molecule has 0 unspecified atom stereocenters. The van der Waals surface area contributed by atoms with E-state index in [4.69, 9.17) is 15.3 Å². The van der Waals surface area contributed by atoms with Gasteiger partial charge in [-0.3, -0.25) is 10.2 Å². The summed E-state index contributed by atoms with van der Waals surface area (Å²) in [5, 5.41) is 13.5. The monoisotopic (exact) mass is 257 g/mol. The lowest BCUT2D eigenvalue weighted by Crippen LogP contribution is -2.20. The molecule has 5 nitrogen and oxygen atoms in total. The minimum Gasteiger partial charge on any atom is -0.481 e. The number of nitrogens with one attached hydrogen (secondary N) is 1. The molecule has 0 aliphatic heterocycles. The lowest BCUT2D eigenvalue weighted by atomic mass is 10.4. The van der Waals surface area contributed by atoms with Gasteiger partial charge in [-0.25, -0.2) is 0 Å². The molecule has 1 aromatic carbocycles. The van der Waals surface area contributed by atoms with E-state index in [9.17, 15) is 0 Å². The zero-order valence-electron chi connectivity index (χ0n) is 10.0. The smallest absolute Gasteiger partial charge is 0.300 e. The van der Waals surface area contributed by atoms with Gasteiger partial charge in [0.15, 0.2) is 5.96 Å². The fraction of sp³-hybridized carbons (Fsp3) is 0.273. The standard InChI is InChI=1S/C8H10S.C2H4O2.CH5N3/c1-2-9-8-6-4-3-5-7-8;1-2(3)4;2-1(3)4/h3-7H,2H2,1H3;1H3,(H,3,4);(H5,2,3,4). The van der Waals surface area contributed by atoms with E-state index in [-0.39, 0.29) is 5.96 Å². The van der Waals surface area contributed by atoms with Crippen molar-refractivity contribution in [2.24, 2.45) is 11.5 Å². The quantitative estimate of drug-likeness (QED) is 0.366. The number of benzene rings is 1. The summed E-state index contributed by atoms with van der Waals surface area (Å²) >= 11 is 1.88. The lowest BCUT2D eigenvalue weighted by molar-refractivity contribution is -0.134. The molecule has 0 amide bonds. The summed E-state index contributed by atoms with van der Waals surface area (Å²) in [5.41, 5.74) is 8.94. The number of hydrogen-bond acceptors (Lipinski definition) is 3. The molecule has 1 rings (SSSR count). The van der Waals surface area contributed by atoms with Gasteiger partial charge >= 0.3 is 0 Å². The van der Waals surface area contributed by atoms with Gasteiger partial charge < -0.3 is 16.6 Å². The number of hydrogen-bond donors (Lipinski definition) is 4. The van der Waals surface area contributed by atoms with Crippen LogP contribution in [0.4, 0.5) is 0 Å². The van der Waals surface area contributed by atoms with E-state index in [1.54, 1.807) is 0 Å². The van der Waals surface area contributed by atoms with Crippen molar-refractivity contribution in [3.8, 4) is 0 Å². The van der Waals surface area contributed by atoms with Crippen molar-refractivity contribution in [1.82, 2.24) is 0 Å². The second-order valence-corrected chi connectivity index (χ2v) is 4.06. The zero-order chi connectivity index (χ0) is 13.7. The molecule has 0 bridgehead atoms. The average molecular weight is 257 g/mol. The van der Waals surface area contributed by atoms with Crippen molar-refractivity contribution >= 4 is 23.7 Å². The van der Waals surface area contributed by atoms with Crippen molar-refractivity contribution in [3.05, 3.63) is 30.3 Å². The third-order valence-corrected chi connectivity index (χ3v) is 1.95. The van der Waals surface area contributed by atoms with Crippen molar-refractivity contribution in [2.75, 3.05) is 5.75 Å². The molecule has 6 N–H and O–H groups in total. The van der Waals surface area contributed by atoms with Crippen LogP contribution in [-0.2, 0) is 4.79 Å². The maximum atomic E-state index is 9.00. The van der Waals surface area contributed by atoms with Crippen LogP contribution in [0, 0.1) is 5.41 Å². The van der Waals surface area contributed by atoms with E-state index in [1.807, 2.05) is 17.8 Å². The summed E-state index contributed by atoms with van der Waals surface area (Å²) in [6.45, 7) is 3.25. The number of rotatable bonds is 2. The Bertz CT molecular complexity index is 298. The molecule has 6 heteroatoms. The minimum atomic E-state index is -0.833. The number of nitrogens with two attached hydrogens (primary N) is 2. The number of aliphatic carboxylic acids is 1. The molecule has 0 heterocycles. The Morgan fingerprint density at radius 1 is 1.35 bits per heavy atom. The van der Waals surface area contributed by atoms with Gasteiger partial charge in [0.25, 0.3) is 5.97 Å². The van der Waals surface area contributed by atoms with Crippen LogP contribution in [0.15, 0.2) is 35.2 Å². The number of thioether (sulfide) groups is 1.